The Kier molecular flexibility index (Phi) is 1800. The van der Waals surface area contributed by atoms with Crippen LogP contribution < -0.4 is 0 Å². The van der Waals surface area contributed by atoms with Gasteiger partial charge in [-0.2, -0.15) is 0 Å². The second-order valence-corrected chi connectivity index (χ2v) is 0. The van der Waals surface area contributed by atoms with Crippen molar-refractivity contribution in [2.45, 2.75) is 0 Å². The van der Waals surface area contributed by atoms with Crippen LogP contribution in [0.25, 0.3) is 0 Å². The Hall–Kier alpha value is 2.66. The maximum absolute atomic E-state index is 0. The van der Waals surface area contributed by atoms with E-state index in [-0.39, 0.29) is 113 Å². The zero-order chi connectivity index (χ0) is 0. The van der Waals surface area contributed by atoms with Gasteiger partial charge in [-0.1, -0.05) is 0 Å². The molecule has 0 rings (SSSR count). The fourth-order valence-electron chi connectivity index (χ4n) is 0. The van der Waals surface area contributed by atoms with Crippen molar-refractivity contribution in [3.8, 4) is 0 Å². The second kappa shape index (κ2) is 103. The van der Waals surface area contributed by atoms with Gasteiger partial charge in [0.25, 0.3) is 0 Å². The Morgan fingerprint density at radius 2 is 0.500 bits per heavy atom. The maximum atomic E-state index is 0. The molecule has 0 amide bonds. The largest absolute Gasteiger partial charge is 4.00 e. The van der Waals surface area contributed by atoms with Crippen molar-refractivity contribution in [3.63, 3.8) is 0 Å². The Bertz CT molecular complexity index is 12.4. The molecular weight excluding hydrogens is 259 g/mol. The number of rotatable bonds is 0. The van der Waals surface area contributed by atoms with Gasteiger partial charge in [-0.25, -0.2) is 0 Å². The van der Waals surface area contributed by atoms with Gasteiger partial charge >= 0.3 is 85.7 Å². The molecule has 0 aliphatic carbocycles. The van der Waals surface area contributed by atoms with Crippen LogP contribution in [-0.4, -0.2) is 37.7 Å². The Morgan fingerprint density at radius 3 is 0.500 bits per heavy atom. The summed E-state index contributed by atoms with van der Waals surface area (Å²) in [6.45, 7) is 0. The molecule has 0 N–H and O–H groups in total. The molecule has 0 unspecified atom stereocenters. The molecule has 0 saturated heterocycles. The van der Waals surface area contributed by atoms with E-state index in [1.807, 2.05) is 0 Å². The van der Waals surface area contributed by atoms with Crippen LogP contribution >= 0.6 is 0 Å². The molecule has 0 fully saturated rings. The fourth-order valence-corrected chi connectivity index (χ4v) is 0. The molecule has 0 aliphatic heterocycles. The monoisotopic (exact) mass is 258 g/mol. The number of hydrogen-bond donors (Lipinski definition) is 0. The Morgan fingerprint density at radius 1 is 0.500 bits per heavy atom. The molecule has 0 atom stereocenters. The van der Waals surface area contributed by atoms with E-state index in [1.165, 1.54) is 0 Å². The van der Waals surface area contributed by atoms with Crippen LogP contribution in [0.5, 0.6) is 0 Å². The fraction of sp³-hybridized carbons (Fsp3) is 0. The van der Waals surface area contributed by atoms with Gasteiger partial charge in [-0.15, -0.1) is 0 Å². The van der Waals surface area contributed by atoms with E-state index in [0.29, 0.717) is 0 Å². The van der Waals surface area contributed by atoms with Gasteiger partial charge in [0, 0.05) is 0 Å². The minimum absolute atomic E-state index is 0. The first-order valence-corrected chi connectivity index (χ1v) is 0. The summed E-state index contributed by atoms with van der Waals surface area (Å²) in [5.74, 6) is 0. The average molecular weight is 259 g/mol. The zero-order valence-corrected chi connectivity index (χ0v) is 9.98. The molecule has 0 aliphatic rings. The molecule has 0 aromatic rings. The molecule has 0 bridgehead atoms. The van der Waals surface area contributed by atoms with Crippen LogP contribution in [0.3, 0.4) is 0 Å². The van der Waals surface area contributed by atoms with Crippen LogP contribution in [0.4, 0.5) is 0 Å². The summed E-state index contributed by atoms with van der Waals surface area (Å²) < 4.78 is 0. The summed E-state index contributed by atoms with van der Waals surface area (Å²) in [6.07, 6.45) is 0. The zero-order valence-electron chi connectivity index (χ0n) is 3.75. The van der Waals surface area contributed by atoms with E-state index in [1.54, 1.807) is 0 Å². The van der Waals surface area contributed by atoms with Crippen molar-refractivity contribution < 1.29 is 75.3 Å². The first-order valence-electron chi connectivity index (χ1n) is 0. The van der Waals surface area contributed by atoms with Gasteiger partial charge in [0.15, 0.2) is 0 Å². The van der Waals surface area contributed by atoms with E-state index in [2.05, 4.69) is 0 Å². The van der Waals surface area contributed by atoms with Crippen LogP contribution in [0.2, 0.25) is 0 Å². The van der Waals surface area contributed by atoms with Gasteiger partial charge in [0.2, 0.25) is 0 Å². The third-order valence-electron chi connectivity index (χ3n) is 0. The standard InChI is InChI=1S/Ca.5O.Ti.Zr/q+2;5*-2;2*+4. The minimum Gasteiger partial charge on any atom is -2.00 e. The van der Waals surface area contributed by atoms with Crippen molar-refractivity contribution in [2.24, 2.45) is 0 Å². The van der Waals surface area contributed by atoms with E-state index < -0.39 is 0 Å². The van der Waals surface area contributed by atoms with Crippen LogP contribution in [0, 0.1) is 0 Å². The predicted molar refractivity (Wildman–Crippen MR) is 9.19 cm³/mol. The van der Waals surface area contributed by atoms with Gasteiger partial charge in [-0.3, -0.25) is 0 Å². The summed E-state index contributed by atoms with van der Waals surface area (Å²) in [4.78, 5) is 0. The van der Waals surface area contributed by atoms with E-state index in [9.17, 15) is 0 Å². The summed E-state index contributed by atoms with van der Waals surface area (Å²) >= 11 is 0. The molecule has 8 heteroatoms. The molecule has 0 heterocycles. The molecule has 40 valence electrons. The van der Waals surface area contributed by atoms with Gasteiger partial charge in [0.05, 0.1) is 0 Å². The van der Waals surface area contributed by atoms with Crippen molar-refractivity contribution in [2.75, 3.05) is 0 Å². The average Bonchev–Trinajstić information content (AvgIpc) is 0. The molecule has 5 nitrogen and oxygen atoms in total. The first-order chi connectivity index (χ1) is 0. The van der Waals surface area contributed by atoms with Crippen molar-refractivity contribution in [1.29, 1.82) is 0 Å². The molecule has 0 spiro atoms. The molecule has 0 aromatic heterocycles. The smallest absolute Gasteiger partial charge is 2.00 e. The van der Waals surface area contributed by atoms with Crippen molar-refractivity contribution >= 4 is 37.7 Å². The SMILES string of the molecule is [Ca+2].[O-2].[O-2].[O-2].[O-2].[O-2].[Ti+4].[Zr+4]. The topological polar surface area (TPSA) is 142 Å². The van der Waals surface area contributed by atoms with Gasteiger partial charge < -0.3 is 27.4 Å². The quantitative estimate of drug-likeness (QED) is 0.493. The molecule has 0 radical (unpaired) electrons. The van der Waals surface area contributed by atoms with Crippen molar-refractivity contribution in [3.05, 3.63) is 0 Å². The number of hydrogen-bond acceptors (Lipinski definition) is 0. The summed E-state index contributed by atoms with van der Waals surface area (Å²) in [5.41, 5.74) is 0. The van der Waals surface area contributed by atoms with Crippen LogP contribution in [-0.2, 0) is 75.3 Å². The van der Waals surface area contributed by atoms with E-state index in [4.69, 9.17) is 0 Å². The molecule has 0 saturated carbocycles. The molecule has 0 aromatic carbocycles. The first kappa shape index (κ1) is 141. The van der Waals surface area contributed by atoms with Crippen LogP contribution in [0.1, 0.15) is 0 Å². The Labute approximate surface area is 111 Å². The van der Waals surface area contributed by atoms with Gasteiger partial charge in [-0.05, 0) is 0 Å². The van der Waals surface area contributed by atoms with Crippen molar-refractivity contribution in [1.82, 2.24) is 0 Å². The van der Waals surface area contributed by atoms with Crippen LogP contribution in [0.15, 0.2) is 0 Å². The van der Waals surface area contributed by atoms with E-state index >= 15 is 0 Å². The minimum atomic E-state index is 0. The summed E-state index contributed by atoms with van der Waals surface area (Å²) in [5, 5.41) is 0. The molecular formula is CaO5TiZr. The normalized spacial score (nSPS) is 0. The predicted octanol–water partition coefficient (Wildman–Crippen LogP) is -0.980. The Balaban J connectivity index is 0. The maximum Gasteiger partial charge on any atom is 4.00 e. The summed E-state index contributed by atoms with van der Waals surface area (Å²) in [6, 6.07) is 0. The molecule has 8 heavy (non-hydrogen) atoms. The van der Waals surface area contributed by atoms with Gasteiger partial charge in [0.1, 0.15) is 0 Å². The third kappa shape index (κ3) is 71.9. The second-order valence-electron chi connectivity index (χ2n) is 0. The third-order valence-corrected chi connectivity index (χ3v) is 0. The summed E-state index contributed by atoms with van der Waals surface area (Å²) in [7, 11) is 0. The van der Waals surface area contributed by atoms with E-state index in [0.717, 1.165) is 0 Å².